The Morgan fingerprint density at radius 2 is 1.63 bits per heavy atom. The normalized spacial score (nSPS) is 21.0. The van der Waals surface area contributed by atoms with Gasteiger partial charge in [0, 0.05) is 43.9 Å². The first-order valence-electron chi connectivity index (χ1n) is 8.51. The average Bonchev–Trinajstić information content (AvgIpc) is 3.36. The Kier molecular flexibility index (Phi) is 6.15. The van der Waals surface area contributed by atoms with Crippen LogP contribution in [0.4, 0.5) is 5.13 Å². The van der Waals surface area contributed by atoms with Crippen LogP contribution in [0, 0.1) is 11.8 Å². The number of nitrogens with zero attached hydrogens (tertiary/aromatic N) is 3. The summed E-state index contributed by atoms with van der Waals surface area (Å²) in [5.74, 6) is -0.923. The third-order valence-corrected chi connectivity index (χ3v) is 5.50. The lowest BCUT2D eigenvalue weighted by molar-refractivity contribution is -0.134. The van der Waals surface area contributed by atoms with Gasteiger partial charge in [0.1, 0.15) is 5.01 Å². The van der Waals surface area contributed by atoms with Crippen molar-refractivity contribution < 1.29 is 19.8 Å². The molecule has 3 N–H and O–H groups in total. The third-order valence-electron chi connectivity index (χ3n) is 4.46. The Balaban J connectivity index is 0.000000226. The quantitative estimate of drug-likeness (QED) is 0.676. The largest absolute Gasteiger partial charge is 0.478 e. The number of aliphatic carboxylic acids is 2. The number of aromatic nitrogens is 2. The van der Waals surface area contributed by atoms with Gasteiger partial charge in [0.25, 0.3) is 0 Å². The predicted molar refractivity (Wildman–Crippen MR) is 102 cm³/mol. The summed E-state index contributed by atoms with van der Waals surface area (Å²) in [4.78, 5) is 21.5. The number of carboxylic acid groups (broad SMARTS) is 2. The highest BCUT2D eigenvalue weighted by Crippen LogP contribution is 2.34. The number of carbonyl (C=O) groups is 2. The summed E-state index contributed by atoms with van der Waals surface area (Å²) in [6, 6.07) is 10.3. The molecule has 1 aromatic heterocycles. The van der Waals surface area contributed by atoms with E-state index in [1.165, 1.54) is 0 Å². The second-order valence-corrected chi connectivity index (χ2v) is 7.30. The van der Waals surface area contributed by atoms with Crippen molar-refractivity contribution in [3.8, 4) is 10.6 Å². The fourth-order valence-corrected chi connectivity index (χ4v) is 4.06. The topological polar surface area (TPSA) is 116 Å². The molecular formula is C18H20N4O4S. The number of hydrogen-bond donors (Lipinski definition) is 3. The number of nitrogens with one attached hydrogen (secondary N) is 1. The molecule has 2 aliphatic heterocycles. The van der Waals surface area contributed by atoms with Gasteiger partial charge in [-0.1, -0.05) is 41.7 Å². The lowest BCUT2D eigenvalue weighted by Gasteiger charge is -2.14. The Labute approximate surface area is 160 Å². The molecule has 27 heavy (non-hydrogen) atoms. The van der Waals surface area contributed by atoms with Gasteiger partial charge in [0.05, 0.1) is 0 Å². The Hall–Kier alpha value is -2.78. The summed E-state index contributed by atoms with van der Waals surface area (Å²) in [5, 5.41) is 29.9. The van der Waals surface area contributed by atoms with E-state index in [9.17, 15) is 9.59 Å². The zero-order valence-electron chi connectivity index (χ0n) is 14.5. The minimum absolute atomic E-state index is 0.558. The van der Waals surface area contributed by atoms with E-state index in [1.807, 2.05) is 18.2 Å². The van der Waals surface area contributed by atoms with Crippen LogP contribution in [0.5, 0.6) is 0 Å². The molecule has 2 atom stereocenters. The molecule has 2 unspecified atom stereocenters. The minimum atomic E-state index is -1.26. The zero-order valence-corrected chi connectivity index (χ0v) is 15.3. The van der Waals surface area contributed by atoms with Gasteiger partial charge < -0.3 is 20.4 Å². The summed E-state index contributed by atoms with van der Waals surface area (Å²) in [6.45, 7) is 4.57. The summed E-state index contributed by atoms with van der Waals surface area (Å²) in [7, 11) is 0. The van der Waals surface area contributed by atoms with Crippen LogP contribution in [-0.2, 0) is 9.59 Å². The summed E-state index contributed by atoms with van der Waals surface area (Å²) >= 11 is 1.71. The van der Waals surface area contributed by atoms with Gasteiger partial charge in [-0.25, -0.2) is 9.59 Å². The molecule has 0 saturated carbocycles. The van der Waals surface area contributed by atoms with Crippen molar-refractivity contribution in [1.82, 2.24) is 15.5 Å². The van der Waals surface area contributed by atoms with Crippen molar-refractivity contribution in [2.45, 2.75) is 0 Å². The van der Waals surface area contributed by atoms with Crippen molar-refractivity contribution in [3.05, 3.63) is 42.5 Å². The third kappa shape index (κ3) is 5.11. The molecule has 8 nitrogen and oxygen atoms in total. The second kappa shape index (κ2) is 8.74. The smallest absolute Gasteiger partial charge is 0.328 e. The van der Waals surface area contributed by atoms with E-state index in [0.717, 1.165) is 53.7 Å². The van der Waals surface area contributed by atoms with Crippen molar-refractivity contribution >= 4 is 28.4 Å². The maximum Gasteiger partial charge on any atom is 0.328 e. The lowest BCUT2D eigenvalue weighted by Crippen LogP contribution is -2.25. The van der Waals surface area contributed by atoms with E-state index >= 15 is 0 Å². The molecular weight excluding hydrogens is 368 g/mol. The molecule has 9 heteroatoms. The van der Waals surface area contributed by atoms with Crippen LogP contribution in [0.1, 0.15) is 0 Å². The van der Waals surface area contributed by atoms with E-state index in [-0.39, 0.29) is 0 Å². The van der Waals surface area contributed by atoms with Gasteiger partial charge >= 0.3 is 11.9 Å². The molecule has 2 aromatic rings. The van der Waals surface area contributed by atoms with Crippen LogP contribution in [0.2, 0.25) is 0 Å². The molecule has 142 valence electrons. The van der Waals surface area contributed by atoms with Crippen molar-refractivity contribution in [2.75, 3.05) is 31.1 Å². The first kappa shape index (κ1) is 19.0. The highest BCUT2D eigenvalue weighted by atomic mass is 32.1. The molecule has 2 fully saturated rings. The van der Waals surface area contributed by atoms with E-state index in [2.05, 4.69) is 32.5 Å². The SMILES string of the molecule is O=C(O)C=CC(=O)O.c1ccc(-c2nnc(N3CC4CNCC4C3)s2)cc1. The molecule has 0 spiro atoms. The summed E-state index contributed by atoms with van der Waals surface area (Å²) in [5.41, 5.74) is 1.16. The van der Waals surface area contributed by atoms with E-state index in [0.29, 0.717) is 12.2 Å². The number of fused-ring (bicyclic) bond motifs is 1. The molecule has 4 rings (SSSR count). The Morgan fingerprint density at radius 1 is 1.04 bits per heavy atom. The molecule has 0 bridgehead atoms. The molecule has 2 saturated heterocycles. The first-order valence-corrected chi connectivity index (χ1v) is 9.33. The van der Waals surface area contributed by atoms with Gasteiger partial charge in [-0.15, -0.1) is 10.2 Å². The number of hydrogen-bond acceptors (Lipinski definition) is 7. The predicted octanol–water partition coefficient (Wildman–Crippen LogP) is 1.57. The summed E-state index contributed by atoms with van der Waals surface area (Å²) in [6.07, 6.45) is 1.12. The van der Waals surface area contributed by atoms with Gasteiger partial charge in [0.15, 0.2) is 0 Å². The maximum atomic E-state index is 9.55. The van der Waals surface area contributed by atoms with E-state index < -0.39 is 11.9 Å². The van der Waals surface area contributed by atoms with Gasteiger partial charge in [0.2, 0.25) is 5.13 Å². The summed E-state index contributed by atoms with van der Waals surface area (Å²) < 4.78 is 0. The Bertz CT molecular complexity index is 796. The molecule has 2 aliphatic rings. The molecule has 3 heterocycles. The van der Waals surface area contributed by atoms with Crippen LogP contribution >= 0.6 is 11.3 Å². The lowest BCUT2D eigenvalue weighted by atomic mass is 10.0. The standard InChI is InChI=1S/C14H16N4S.C4H4O4/c1-2-4-10(5-3-1)13-16-17-14(19-13)18-8-11-6-15-7-12(11)9-18;5-3(6)1-2-4(7)8/h1-5,11-12,15H,6-9H2;1-2H,(H,5,6)(H,7,8). The van der Waals surface area contributed by atoms with Crippen molar-refractivity contribution in [2.24, 2.45) is 11.8 Å². The van der Waals surface area contributed by atoms with Crippen molar-refractivity contribution in [3.63, 3.8) is 0 Å². The second-order valence-electron chi connectivity index (χ2n) is 6.35. The van der Waals surface area contributed by atoms with Gasteiger partial charge in [-0.3, -0.25) is 0 Å². The van der Waals surface area contributed by atoms with Crippen LogP contribution in [0.25, 0.3) is 10.6 Å². The van der Waals surface area contributed by atoms with E-state index in [1.54, 1.807) is 11.3 Å². The fourth-order valence-electron chi connectivity index (χ4n) is 3.19. The highest BCUT2D eigenvalue weighted by Gasteiger charge is 2.37. The van der Waals surface area contributed by atoms with Gasteiger partial charge in [-0.05, 0) is 11.8 Å². The molecule has 0 radical (unpaired) electrons. The van der Waals surface area contributed by atoms with Crippen LogP contribution < -0.4 is 10.2 Å². The van der Waals surface area contributed by atoms with Crippen molar-refractivity contribution in [1.29, 1.82) is 0 Å². The van der Waals surface area contributed by atoms with E-state index in [4.69, 9.17) is 10.2 Å². The number of anilines is 1. The van der Waals surface area contributed by atoms with Crippen LogP contribution in [0.3, 0.4) is 0 Å². The highest BCUT2D eigenvalue weighted by molar-refractivity contribution is 7.18. The number of rotatable bonds is 4. The maximum absolute atomic E-state index is 9.55. The first-order chi connectivity index (χ1) is 13.0. The van der Waals surface area contributed by atoms with Gasteiger partial charge in [-0.2, -0.15) is 0 Å². The molecule has 1 aromatic carbocycles. The molecule has 0 amide bonds. The zero-order chi connectivity index (χ0) is 19.2. The Morgan fingerprint density at radius 3 is 2.19 bits per heavy atom. The average molecular weight is 388 g/mol. The monoisotopic (exact) mass is 388 g/mol. The molecule has 0 aliphatic carbocycles. The fraction of sp³-hybridized carbons (Fsp3) is 0.333. The number of benzene rings is 1. The van der Waals surface area contributed by atoms with Crippen LogP contribution in [-0.4, -0.2) is 58.5 Å². The number of carboxylic acids is 2. The minimum Gasteiger partial charge on any atom is -0.478 e. The van der Waals surface area contributed by atoms with Crippen LogP contribution in [0.15, 0.2) is 42.5 Å².